The fraction of sp³-hybridized carbons (Fsp3) is 0.130. The highest BCUT2D eigenvalue weighted by molar-refractivity contribution is 7.14. The zero-order valence-electron chi connectivity index (χ0n) is 33.5. The smallest absolute Gasteiger partial charge is 0.274 e. The zero-order chi connectivity index (χ0) is 43.1. The Hall–Kier alpha value is -7.56. The van der Waals surface area contributed by atoms with Gasteiger partial charge in [0.2, 0.25) is 0 Å². The highest BCUT2D eigenvalue weighted by Gasteiger charge is 2.26. The minimum atomic E-state index is -0.441. The number of para-hydroxylation sites is 1. The van der Waals surface area contributed by atoms with Crippen molar-refractivity contribution in [2.24, 2.45) is 0 Å². The molecule has 6 heterocycles. The Morgan fingerprint density at radius 3 is 2.27 bits per heavy atom. The number of non-ortho nitro benzene ring substituents is 1. The van der Waals surface area contributed by atoms with Crippen LogP contribution in [0.3, 0.4) is 0 Å². The molecule has 0 fully saturated rings. The Kier molecular flexibility index (Phi) is 12.2. The van der Waals surface area contributed by atoms with Crippen LogP contribution in [0.25, 0.3) is 23.4 Å². The summed E-state index contributed by atoms with van der Waals surface area (Å²) >= 11 is 2.66. The molecule has 0 aliphatic carbocycles. The van der Waals surface area contributed by atoms with Crippen molar-refractivity contribution < 1.29 is 19.2 Å². The number of benzene rings is 2. The molecule has 6 aromatic heterocycles. The first-order valence-corrected chi connectivity index (χ1v) is 21.2. The van der Waals surface area contributed by atoms with Crippen molar-refractivity contribution in [3.63, 3.8) is 0 Å². The number of hydrogen-bond acceptors (Lipinski definition) is 11. The van der Waals surface area contributed by atoms with Crippen molar-refractivity contribution in [1.29, 1.82) is 0 Å². The number of nitro benzene ring substituents is 1. The molecule has 0 saturated carbocycles. The maximum atomic E-state index is 14.0. The van der Waals surface area contributed by atoms with E-state index in [0.717, 1.165) is 33.7 Å². The third-order valence-corrected chi connectivity index (χ3v) is 11.4. The van der Waals surface area contributed by atoms with Gasteiger partial charge in [-0.2, -0.15) is 0 Å². The second kappa shape index (κ2) is 18.4. The molecule has 0 bridgehead atoms. The van der Waals surface area contributed by atoms with Crippen LogP contribution in [-0.2, 0) is 18.5 Å². The van der Waals surface area contributed by atoms with Crippen LogP contribution in [-0.4, -0.2) is 52.4 Å². The number of carbonyl (C=O) groups is 2. The summed E-state index contributed by atoms with van der Waals surface area (Å²) in [5.74, 6) is 0.158. The van der Waals surface area contributed by atoms with Crippen LogP contribution < -0.4 is 15.4 Å². The lowest BCUT2D eigenvalue weighted by Gasteiger charge is -2.22. The first kappa shape index (κ1) is 41.2. The van der Waals surface area contributed by atoms with E-state index in [1.807, 2.05) is 99.0 Å². The summed E-state index contributed by atoms with van der Waals surface area (Å²) in [7, 11) is 0. The van der Waals surface area contributed by atoms with Crippen molar-refractivity contribution in [3.8, 4) is 17.0 Å². The minimum Gasteiger partial charge on any atom is -0.493 e. The molecule has 2 amide bonds. The Labute approximate surface area is 364 Å². The lowest BCUT2D eigenvalue weighted by molar-refractivity contribution is -0.384. The predicted molar refractivity (Wildman–Crippen MR) is 242 cm³/mol. The summed E-state index contributed by atoms with van der Waals surface area (Å²) in [5.41, 5.74) is 6.01. The quantitative estimate of drug-likeness (QED) is 0.0709. The number of nitrogens with zero attached hydrogens (tertiary/aromatic N) is 7. The second-order valence-electron chi connectivity index (χ2n) is 14.9. The number of anilines is 2. The average molecular weight is 862 g/mol. The molecular weight excluding hydrogens is 823 g/mol. The van der Waals surface area contributed by atoms with Crippen LogP contribution in [0.1, 0.15) is 62.9 Å². The molecule has 2 N–H and O–H groups in total. The van der Waals surface area contributed by atoms with E-state index in [4.69, 9.17) is 9.72 Å². The van der Waals surface area contributed by atoms with E-state index in [2.05, 4.69) is 39.4 Å². The summed E-state index contributed by atoms with van der Waals surface area (Å²) in [6.45, 7) is 5.34. The van der Waals surface area contributed by atoms with E-state index in [9.17, 15) is 19.7 Å². The number of pyridine rings is 2. The zero-order valence-corrected chi connectivity index (χ0v) is 35.2. The lowest BCUT2D eigenvalue weighted by Crippen LogP contribution is -2.26. The fourth-order valence-corrected chi connectivity index (χ4v) is 8.04. The summed E-state index contributed by atoms with van der Waals surface area (Å²) in [5, 5.41) is 21.5. The largest absolute Gasteiger partial charge is 0.493 e. The normalized spacial score (nSPS) is 11.5. The van der Waals surface area contributed by atoms with Gasteiger partial charge in [-0.05, 0) is 89.5 Å². The third-order valence-electron chi connectivity index (χ3n) is 9.82. The molecule has 0 aliphatic rings. The molecule has 2 aromatic carbocycles. The van der Waals surface area contributed by atoms with E-state index in [1.54, 1.807) is 48.9 Å². The fourth-order valence-electron chi connectivity index (χ4n) is 6.47. The molecule has 310 valence electrons. The number of nitro groups is 1. The van der Waals surface area contributed by atoms with Gasteiger partial charge in [-0.3, -0.25) is 40.3 Å². The van der Waals surface area contributed by atoms with E-state index in [1.165, 1.54) is 34.8 Å². The maximum absolute atomic E-state index is 14.0. The van der Waals surface area contributed by atoms with E-state index < -0.39 is 10.3 Å². The summed E-state index contributed by atoms with van der Waals surface area (Å²) in [4.78, 5) is 56.1. The van der Waals surface area contributed by atoms with Crippen molar-refractivity contribution in [3.05, 3.63) is 188 Å². The van der Waals surface area contributed by atoms with E-state index in [-0.39, 0.29) is 17.5 Å². The molecule has 62 heavy (non-hydrogen) atoms. The van der Waals surface area contributed by atoms with Gasteiger partial charge < -0.3 is 13.9 Å². The van der Waals surface area contributed by atoms with Gasteiger partial charge in [0.25, 0.3) is 17.5 Å². The van der Waals surface area contributed by atoms with Crippen LogP contribution in [0.2, 0.25) is 0 Å². The number of ether oxygens (including phenoxy) is 1. The highest BCUT2D eigenvalue weighted by atomic mass is 32.1. The summed E-state index contributed by atoms with van der Waals surface area (Å²) in [6, 6.07) is 28.9. The van der Waals surface area contributed by atoms with Crippen LogP contribution in [0.5, 0.6) is 5.75 Å². The molecule has 0 aliphatic heterocycles. The number of thiazole rings is 2. The van der Waals surface area contributed by atoms with Gasteiger partial charge in [-0.15, -0.1) is 22.7 Å². The molecule has 14 nitrogen and oxygen atoms in total. The topological polar surface area (TPSA) is 172 Å². The van der Waals surface area contributed by atoms with Crippen molar-refractivity contribution in [1.82, 2.24) is 29.1 Å². The molecule has 16 heteroatoms. The molecule has 8 rings (SSSR count). The first-order valence-electron chi connectivity index (χ1n) is 19.4. The molecule has 0 atom stereocenters. The number of hydrogen-bond donors (Lipinski definition) is 2. The first-order chi connectivity index (χ1) is 30.1. The Bertz CT molecular complexity index is 2860. The van der Waals surface area contributed by atoms with Gasteiger partial charge in [-0.25, -0.2) is 9.97 Å². The lowest BCUT2D eigenvalue weighted by atomic mass is 9.91. The van der Waals surface area contributed by atoms with Gasteiger partial charge in [0, 0.05) is 77.9 Å². The molecule has 0 unspecified atom stereocenters. The Morgan fingerprint density at radius 2 is 1.50 bits per heavy atom. The standard InChI is InChI=1S/C46H39N9O5S2/c1-46(2,30-60-37-7-4-3-5-8-37)41-29-62-45(50-41)52-43(57)40-24-34(27-54(40)25-32-16-19-47-20-17-32)38-23-33(18-21-48-38)26-53-22-6-9-39(53)42(56)51-44-49-35(28-61-44)13-10-31-11-14-36(15-12-31)55(58)59/h3-24,27-29H,25-26,30H2,1-2H3,(H,49,51,56)(H,50,52,57)/b13-10+. The summed E-state index contributed by atoms with van der Waals surface area (Å²) in [6.07, 6.45) is 12.5. The summed E-state index contributed by atoms with van der Waals surface area (Å²) < 4.78 is 9.77. The number of amides is 2. The highest BCUT2D eigenvalue weighted by Crippen LogP contribution is 2.30. The van der Waals surface area contributed by atoms with Crippen LogP contribution in [0.15, 0.2) is 139 Å². The maximum Gasteiger partial charge on any atom is 0.274 e. The van der Waals surface area contributed by atoms with Gasteiger partial charge in [0.15, 0.2) is 10.3 Å². The number of carbonyl (C=O) groups excluding carboxylic acids is 2. The third kappa shape index (κ3) is 10.1. The van der Waals surface area contributed by atoms with Gasteiger partial charge >= 0.3 is 0 Å². The van der Waals surface area contributed by atoms with Gasteiger partial charge in [-0.1, -0.05) is 38.1 Å². The van der Waals surface area contributed by atoms with Crippen LogP contribution >= 0.6 is 22.7 Å². The van der Waals surface area contributed by atoms with Gasteiger partial charge in [0.05, 0.1) is 28.6 Å². The van der Waals surface area contributed by atoms with Crippen molar-refractivity contribution in [2.75, 3.05) is 17.2 Å². The number of nitrogens with one attached hydrogen (secondary N) is 2. The molecular formula is C46H39N9O5S2. The molecule has 8 aromatic rings. The Morgan fingerprint density at radius 1 is 0.790 bits per heavy atom. The minimum absolute atomic E-state index is 0.0201. The van der Waals surface area contributed by atoms with Crippen LogP contribution in [0.4, 0.5) is 16.0 Å². The number of rotatable bonds is 16. The van der Waals surface area contributed by atoms with E-state index >= 15 is 0 Å². The SMILES string of the molecule is CC(C)(COc1ccccc1)c1csc(NC(=O)c2cc(-c3cc(Cn4cccc4C(=O)Nc4nc(/C=C/c5ccc([N+](=O)[O-])cc5)cs4)ccn3)cn2Cc2ccncc2)n1. The monoisotopic (exact) mass is 861 g/mol. The molecule has 0 saturated heterocycles. The Balaban J connectivity index is 0.955. The molecule has 0 radical (unpaired) electrons. The van der Waals surface area contributed by atoms with Gasteiger partial charge in [0.1, 0.15) is 17.1 Å². The predicted octanol–water partition coefficient (Wildman–Crippen LogP) is 9.70. The number of aromatic nitrogens is 6. The molecule has 0 spiro atoms. The van der Waals surface area contributed by atoms with Crippen LogP contribution in [0, 0.1) is 10.1 Å². The van der Waals surface area contributed by atoms with Crippen molar-refractivity contribution in [2.45, 2.75) is 32.4 Å². The van der Waals surface area contributed by atoms with E-state index in [0.29, 0.717) is 52.7 Å². The average Bonchev–Trinajstić information content (AvgIpc) is 4.12. The second-order valence-corrected chi connectivity index (χ2v) is 16.6. The van der Waals surface area contributed by atoms with Crippen molar-refractivity contribution >= 4 is 62.6 Å².